The smallest absolute Gasteiger partial charge is 0.137 e. The highest BCUT2D eigenvalue weighted by Crippen LogP contribution is 2.32. The standard InChI is InChI=1S/C17H17N3O3/c1-22-13-4-5-15(23-2)14(9-13)17(21)12-3-6-16(19-10-12)20-8-7-18-11-20/h3-11,17,21H,1-2H3. The molecule has 0 radical (unpaired) electrons. The molecular weight excluding hydrogens is 294 g/mol. The van der Waals surface area contributed by atoms with Gasteiger partial charge in [0.15, 0.2) is 0 Å². The van der Waals surface area contributed by atoms with Gasteiger partial charge >= 0.3 is 0 Å². The van der Waals surface area contributed by atoms with Crippen LogP contribution in [0.4, 0.5) is 0 Å². The highest BCUT2D eigenvalue weighted by atomic mass is 16.5. The summed E-state index contributed by atoms with van der Waals surface area (Å²) in [7, 11) is 3.15. The van der Waals surface area contributed by atoms with E-state index < -0.39 is 6.10 Å². The summed E-state index contributed by atoms with van der Waals surface area (Å²) >= 11 is 0. The third-order valence-corrected chi connectivity index (χ3v) is 3.59. The van der Waals surface area contributed by atoms with Crippen LogP contribution in [0.5, 0.6) is 11.5 Å². The molecule has 0 saturated heterocycles. The number of ether oxygens (including phenoxy) is 2. The number of hydrogen-bond donors (Lipinski definition) is 1. The largest absolute Gasteiger partial charge is 0.497 e. The van der Waals surface area contributed by atoms with Crippen LogP contribution in [0.2, 0.25) is 0 Å². The Kier molecular flexibility index (Phi) is 4.25. The molecule has 3 aromatic rings. The SMILES string of the molecule is COc1ccc(OC)c(C(O)c2ccc(-n3ccnc3)nc2)c1. The Labute approximate surface area is 134 Å². The predicted octanol–water partition coefficient (Wildman–Crippen LogP) is 2.37. The van der Waals surface area contributed by atoms with Crippen LogP contribution in [0, 0.1) is 0 Å². The van der Waals surface area contributed by atoms with Crippen molar-refractivity contribution < 1.29 is 14.6 Å². The first-order valence-electron chi connectivity index (χ1n) is 7.07. The van der Waals surface area contributed by atoms with E-state index in [9.17, 15) is 5.11 Å². The van der Waals surface area contributed by atoms with E-state index in [1.54, 1.807) is 55.7 Å². The zero-order valence-electron chi connectivity index (χ0n) is 12.9. The van der Waals surface area contributed by atoms with Crippen LogP contribution in [0.1, 0.15) is 17.2 Å². The lowest BCUT2D eigenvalue weighted by Crippen LogP contribution is -2.04. The van der Waals surface area contributed by atoms with Crippen molar-refractivity contribution in [2.45, 2.75) is 6.10 Å². The molecule has 3 rings (SSSR count). The van der Waals surface area contributed by atoms with Gasteiger partial charge in [0, 0.05) is 29.7 Å². The minimum absolute atomic E-state index is 0.594. The first kappa shape index (κ1) is 15.1. The second-order valence-electron chi connectivity index (χ2n) is 4.93. The van der Waals surface area contributed by atoms with Crippen LogP contribution in [0.25, 0.3) is 5.82 Å². The lowest BCUT2D eigenvalue weighted by Gasteiger charge is -2.16. The summed E-state index contributed by atoms with van der Waals surface area (Å²) < 4.78 is 12.3. The van der Waals surface area contributed by atoms with Crippen LogP contribution in [-0.2, 0) is 0 Å². The molecule has 0 bridgehead atoms. The van der Waals surface area contributed by atoms with Gasteiger partial charge in [-0.1, -0.05) is 6.07 Å². The molecule has 0 amide bonds. The van der Waals surface area contributed by atoms with Gasteiger partial charge in [0.1, 0.15) is 29.7 Å². The molecule has 23 heavy (non-hydrogen) atoms. The Morgan fingerprint density at radius 3 is 2.61 bits per heavy atom. The number of hydrogen-bond acceptors (Lipinski definition) is 5. The summed E-state index contributed by atoms with van der Waals surface area (Å²) in [5, 5.41) is 10.7. The molecule has 0 aliphatic heterocycles. The van der Waals surface area contributed by atoms with Crippen LogP contribution in [0.3, 0.4) is 0 Å². The van der Waals surface area contributed by atoms with Gasteiger partial charge in [-0.05, 0) is 24.3 Å². The van der Waals surface area contributed by atoms with Gasteiger partial charge in [-0.25, -0.2) is 9.97 Å². The summed E-state index contributed by atoms with van der Waals surface area (Å²) in [4.78, 5) is 8.35. The molecular formula is C17H17N3O3. The van der Waals surface area contributed by atoms with Crippen LogP contribution >= 0.6 is 0 Å². The van der Waals surface area contributed by atoms with Gasteiger partial charge in [-0.15, -0.1) is 0 Å². The molecule has 0 fully saturated rings. The third-order valence-electron chi connectivity index (χ3n) is 3.59. The Morgan fingerprint density at radius 1 is 1.13 bits per heavy atom. The number of rotatable bonds is 5. The Bertz CT molecular complexity index is 770. The van der Waals surface area contributed by atoms with E-state index in [0.717, 1.165) is 5.82 Å². The van der Waals surface area contributed by atoms with Crippen molar-refractivity contribution >= 4 is 0 Å². The molecule has 2 heterocycles. The fourth-order valence-corrected chi connectivity index (χ4v) is 2.34. The molecule has 0 aliphatic carbocycles. The van der Waals surface area contributed by atoms with Crippen LogP contribution in [-0.4, -0.2) is 33.9 Å². The maximum Gasteiger partial charge on any atom is 0.137 e. The van der Waals surface area contributed by atoms with Crippen LogP contribution < -0.4 is 9.47 Å². The van der Waals surface area contributed by atoms with E-state index in [4.69, 9.17) is 9.47 Å². The van der Waals surface area contributed by atoms with E-state index >= 15 is 0 Å². The van der Waals surface area contributed by atoms with Gasteiger partial charge in [0.05, 0.1) is 14.2 Å². The fourth-order valence-electron chi connectivity index (χ4n) is 2.34. The molecule has 2 aromatic heterocycles. The van der Waals surface area contributed by atoms with Crippen molar-refractivity contribution in [1.82, 2.24) is 14.5 Å². The Hall–Kier alpha value is -2.86. The topological polar surface area (TPSA) is 69.4 Å². The number of imidazole rings is 1. The summed E-state index contributed by atoms with van der Waals surface area (Å²) in [6.45, 7) is 0. The Balaban J connectivity index is 1.92. The second-order valence-corrected chi connectivity index (χ2v) is 4.93. The summed E-state index contributed by atoms with van der Waals surface area (Å²) in [5.41, 5.74) is 1.30. The van der Waals surface area contributed by atoms with Crippen molar-refractivity contribution in [3.05, 3.63) is 66.4 Å². The van der Waals surface area contributed by atoms with Gasteiger partial charge < -0.3 is 14.6 Å². The van der Waals surface area contributed by atoms with E-state index in [-0.39, 0.29) is 0 Å². The number of aliphatic hydroxyl groups is 1. The number of nitrogens with zero attached hydrogens (tertiary/aromatic N) is 3. The number of methoxy groups -OCH3 is 2. The van der Waals surface area contributed by atoms with Crippen molar-refractivity contribution in [3.63, 3.8) is 0 Å². The fraction of sp³-hybridized carbons (Fsp3) is 0.176. The van der Waals surface area contributed by atoms with Crippen molar-refractivity contribution in [2.24, 2.45) is 0 Å². The lowest BCUT2D eigenvalue weighted by atomic mass is 10.0. The minimum atomic E-state index is -0.857. The molecule has 0 aliphatic rings. The Morgan fingerprint density at radius 2 is 2.00 bits per heavy atom. The minimum Gasteiger partial charge on any atom is -0.497 e. The summed E-state index contributed by atoms with van der Waals surface area (Å²) in [5.74, 6) is 1.98. The maximum atomic E-state index is 10.7. The molecule has 6 heteroatoms. The monoisotopic (exact) mass is 311 g/mol. The van der Waals surface area contributed by atoms with Crippen LogP contribution in [0.15, 0.2) is 55.2 Å². The molecule has 0 spiro atoms. The zero-order valence-corrected chi connectivity index (χ0v) is 12.9. The highest BCUT2D eigenvalue weighted by molar-refractivity contribution is 5.45. The molecule has 1 atom stereocenters. The zero-order chi connectivity index (χ0) is 16.2. The summed E-state index contributed by atoms with van der Waals surface area (Å²) in [6.07, 6.45) is 5.95. The molecule has 118 valence electrons. The highest BCUT2D eigenvalue weighted by Gasteiger charge is 2.17. The normalized spacial score (nSPS) is 12.0. The van der Waals surface area contributed by atoms with Gasteiger partial charge in [0.2, 0.25) is 0 Å². The molecule has 6 nitrogen and oxygen atoms in total. The number of aliphatic hydroxyl groups excluding tert-OH is 1. The van der Waals surface area contributed by atoms with E-state index in [1.807, 2.05) is 18.3 Å². The van der Waals surface area contributed by atoms with Crippen molar-refractivity contribution in [3.8, 4) is 17.3 Å². The van der Waals surface area contributed by atoms with Crippen molar-refractivity contribution in [2.75, 3.05) is 14.2 Å². The summed E-state index contributed by atoms with van der Waals surface area (Å²) in [6, 6.07) is 8.96. The number of pyridine rings is 1. The van der Waals surface area contributed by atoms with Gasteiger partial charge in [0.25, 0.3) is 0 Å². The van der Waals surface area contributed by atoms with E-state index in [0.29, 0.717) is 22.6 Å². The lowest BCUT2D eigenvalue weighted by molar-refractivity contribution is 0.213. The molecule has 1 aromatic carbocycles. The third kappa shape index (κ3) is 3.02. The van der Waals surface area contributed by atoms with E-state index in [1.165, 1.54) is 0 Å². The van der Waals surface area contributed by atoms with Gasteiger partial charge in [-0.3, -0.25) is 4.57 Å². The average Bonchev–Trinajstić information content (AvgIpc) is 3.15. The van der Waals surface area contributed by atoms with Gasteiger partial charge in [-0.2, -0.15) is 0 Å². The number of benzene rings is 1. The average molecular weight is 311 g/mol. The number of aromatic nitrogens is 3. The first-order chi connectivity index (χ1) is 11.2. The first-order valence-corrected chi connectivity index (χ1v) is 7.07. The quantitative estimate of drug-likeness (QED) is 0.783. The maximum absolute atomic E-state index is 10.7. The molecule has 1 unspecified atom stereocenters. The predicted molar refractivity (Wildman–Crippen MR) is 85.0 cm³/mol. The van der Waals surface area contributed by atoms with E-state index in [2.05, 4.69) is 9.97 Å². The van der Waals surface area contributed by atoms with Crippen molar-refractivity contribution in [1.29, 1.82) is 0 Å². The second kappa shape index (κ2) is 6.50. The molecule has 0 saturated carbocycles. The molecule has 1 N–H and O–H groups in total.